The van der Waals surface area contributed by atoms with Crippen LogP contribution >= 0.6 is 11.6 Å². The summed E-state index contributed by atoms with van der Waals surface area (Å²) >= 11 is 6.12. The average molecular weight is 317 g/mol. The minimum atomic E-state index is -1.12. The van der Waals surface area contributed by atoms with Crippen molar-refractivity contribution < 1.29 is 22.6 Å². The van der Waals surface area contributed by atoms with Crippen molar-refractivity contribution in [2.75, 3.05) is 14.2 Å². The van der Waals surface area contributed by atoms with Crippen LogP contribution in [0, 0.1) is 17.5 Å². The van der Waals surface area contributed by atoms with E-state index in [-0.39, 0.29) is 0 Å². The van der Waals surface area contributed by atoms with E-state index < -0.39 is 28.4 Å². The van der Waals surface area contributed by atoms with Crippen LogP contribution in [-0.2, 0) is 0 Å². The van der Waals surface area contributed by atoms with Gasteiger partial charge in [0.15, 0.2) is 11.5 Å². The monoisotopic (exact) mass is 316 g/mol. The molecule has 0 saturated heterocycles. The van der Waals surface area contributed by atoms with Crippen molar-refractivity contribution in [1.82, 2.24) is 0 Å². The molecule has 2 aromatic carbocycles. The van der Waals surface area contributed by atoms with Crippen LogP contribution in [0.3, 0.4) is 0 Å². The van der Waals surface area contributed by atoms with Gasteiger partial charge in [-0.15, -0.1) is 11.6 Å². The van der Waals surface area contributed by atoms with E-state index in [0.29, 0.717) is 29.2 Å². The van der Waals surface area contributed by atoms with E-state index in [2.05, 4.69) is 0 Å². The van der Waals surface area contributed by atoms with Crippen molar-refractivity contribution in [3.63, 3.8) is 0 Å². The van der Waals surface area contributed by atoms with Crippen molar-refractivity contribution in [3.05, 3.63) is 58.9 Å². The molecule has 0 aromatic heterocycles. The quantitative estimate of drug-likeness (QED) is 0.776. The van der Waals surface area contributed by atoms with Gasteiger partial charge in [0, 0.05) is 17.7 Å². The second-order valence-corrected chi connectivity index (χ2v) is 4.70. The van der Waals surface area contributed by atoms with Crippen LogP contribution in [0.25, 0.3) is 0 Å². The predicted octanol–water partition coefficient (Wildman–Crippen LogP) is 4.45. The summed E-state index contributed by atoms with van der Waals surface area (Å²) in [5, 5.41) is -1.12. The lowest BCUT2D eigenvalue weighted by Crippen LogP contribution is -2.03. The molecule has 0 radical (unpaired) electrons. The fourth-order valence-corrected chi connectivity index (χ4v) is 2.32. The molecule has 112 valence electrons. The molecule has 0 saturated carbocycles. The van der Waals surface area contributed by atoms with Crippen molar-refractivity contribution >= 4 is 11.6 Å². The average Bonchev–Trinajstić information content (AvgIpc) is 2.45. The van der Waals surface area contributed by atoms with Crippen LogP contribution in [0.15, 0.2) is 30.3 Å². The highest BCUT2D eigenvalue weighted by Crippen LogP contribution is 2.37. The van der Waals surface area contributed by atoms with E-state index in [4.69, 9.17) is 21.1 Å². The number of rotatable bonds is 4. The van der Waals surface area contributed by atoms with Gasteiger partial charge in [0.1, 0.15) is 17.5 Å². The molecule has 2 nitrogen and oxygen atoms in total. The van der Waals surface area contributed by atoms with Gasteiger partial charge < -0.3 is 9.47 Å². The first-order valence-corrected chi connectivity index (χ1v) is 6.42. The highest BCUT2D eigenvalue weighted by atomic mass is 35.5. The molecule has 0 aliphatic rings. The first kappa shape index (κ1) is 15.5. The van der Waals surface area contributed by atoms with Gasteiger partial charge in [0.2, 0.25) is 0 Å². The molecule has 1 unspecified atom stereocenters. The van der Waals surface area contributed by atoms with Crippen LogP contribution in [-0.4, -0.2) is 14.2 Å². The molecule has 0 bridgehead atoms. The second kappa shape index (κ2) is 6.26. The van der Waals surface area contributed by atoms with E-state index >= 15 is 0 Å². The Balaban J connectivity index is 2.47. The van der Waals surface area contributed by atoms with E-state index in [0.717, 1.165) is 0 Å². The normalized spacial score (nSPS) is 12.1. The van der Waals surface area contributed by atoms with Gasteiger partial charge in [0.05, 0.1) is 19.6 Å². The molecule has 2 aromatic rings. The van der Waals surface area contributed by atoms with Crippen molar-refractivity contribution in [2.24, 2.45) is 0 Å². The standard InChI is InChI=1S/C15H12ClF3O2/c1-20-12-4-3-8(5-13(12)21-2)15(16)14-10(18)6-9(17)7-11(14)19/h3-7,15H,1-2H3. The van der Waals surface area contributed by atoms with E-state index in [1.54, 1.807) is 12.1 Å². The molecular weight excluding hydrogens is 305 g/mol. The van der Waals surface area contributed by atoms with Gasteiger partial charge in [-0.3, -0.25) is 0 Å². The van der Waals surface area contributed by atoms with Gasteiger partial charge in [-0.25, -0.2) is 13.2 Å². The number of alkyl halides is 1. The Bertz CT molecular complexity index is 638. The summed E-state index contributed by atoms with van der Waals surface area (Å²) in [6.45, 7) is 0. The maximum absolute atomic E-state index is 13.8. The molecule has 0 fully saturated rings. The molecule has 21 heavy (non-hydrogen) atoms. The zero-order valence-electron chi connectivity index (χ0n) is 11.3. The Morgan fingerprint density at radius 2 is 1.48 bits per heavy atom. The lowest BCUT2D eigenvalue weighted by molar-refractivity contribution is 0.354. The fraction of sp³-hybridized carbons (Fsp3) is 0.200. The highest BCUT2D eigenvalue weighted by Gasteiger charge is 2.22. The first-order chi connectivity index (χ1) is 9.97. The summed E-state index contributed by atoms with van der Waals surface area (Å²) in [7, 11) is 2.90. The minimum Gasteiger partial charge on any atom is -0.493 e. The lowest BCUT2D eigenvalue weighted by Gasteiger charge is -2.15. The van der Waals surface area contributed by atoms with Crippen molar-refractivity contribution in [3.8, 4) is 11.5 Å². The van der Waals surface area contributed by atoms with Gasteiger partial charge in [-0.1, -0.05) is 6.07 Å². The number of halogens is 4. The second-order valence-electron chi connectivity index (χ2n) is 4.26. The zero-order valence-corrected chi connectivity index (χ0v) is 12.0. The summed E-state index contributed by atoms with van der Waals surface area (Å²) in [4.78, 5) is 0. The number of hydrogen-bond donors (Lipinski definition) is 0. The van der Waals surface area contributed by atoms with Gasteiger partial charge in [-0.2, -0.15) is 0 Å². The van der Waals surface area contributed by atoms with Crippen molar-refractivity contribution in [2.45, 2.75) is 5.38 Å². The molecular formula is C15H12ClF3O2. The number of methoxy groups -OCH3 is 2. The Labute approximate surface area is 125 Å². The smallest absolute Gasteiger partial charge is 0.161 e. The molecule has 0 spiro atoms. The third-order valence-corrected chi connectivity index (χ3v) is 3.47. The maximum atomic E-state index is 13.8. The number of ether oxygens (including phenoxy) is 2. The zero-order chi connectivity index (χ0) is 15.6. The van der Waals surface area contributed by atoms with Gasteiger partial charge in [-0.05, 0) is 17.7 Å². The third kappa shape index (κ3) is 3.08. The Kier molecular flexibility index (Phi) is 4.63. The molecule has 0 aliphatic heterocycles. The largest absolute Gasteiger partial charge is 0.493 e. The first-order valence-electron chi connectivity index (χ1n) is 5.98. The minimum absolute atomic E-state index is 0.378. The van der Waals surface area contributed by atoms with Crippen LogP contribution in [0.5, 0.6) is 11.5 Å². The molecule has 2 rings (SSSR count). The van der Waals surface area contributed by atoms with Crippen LogP contribution < -0.4 is 9.47 Å². The molecule has 6 heteroatoms. The summed E-state index contributed by atoms with van der Waals surface area (Å²) in [5.74, 6) is -2.23. The van der Waals surface area contributed by atoms with Gasteiger partial charge in [0.25, 0.3) is 0 Å². The predicted molar refractivity (Wildman–Crippen MR) is 73.6 cm³/mol. The Morgan fingerprint density at radius 3 is 2.00 bits per heavy atom. The summed E-state index contributed by atoms with van der Waals surface area (Å²) in [5.41, 5.74) is -0.0102. The molecule has 0 heterocycles. The summed E-state index contributed by atoms with van der Waals surface area (Å²) in [6, 6.07) is 5.83. The van der Waals surface area contributed by atoms with Gasteiger partial charge >= 0.3 is 0 Å². The maximum Gasteiger partial charge on any atom is 0.161 e. The fourth-order valence-electron chi connectivity index (χ4n) is 1.97. The Morgan fingerprint density at radius 1 is 0.905 bits per heavy atom. The molecule has 0 aliphatic carbocycles. The summed E-state index contributed by atoms with van der Waals surface area (Å²) < 4.78 is 50.6. The SMILES string of the molecule is COc1ccc(C(Cl)c2c(F)cc(F)cc2F)cc1OC. The Hall–Kier alpha value is -1.88. The van der Waals surface area contributed by atoms with Crippen LogP contribution in [0.1, 0.15) is 16.5 Å². The highest BCUT2D eigenvalue weighted by molar-refractivity contribution is 6.22. The molecule has 0 N–H and O–H groups in total. The lowest BCUT2D eigenvalue weighted by atomic mass is 10.0. The van der Waals surface area contributed by atoms with Crippen LogP contribution in [0.4, 0.5) is 13.2 Å². The van der Waals surface area contributed by atoms with E-state index in [1.165, 1.54) is 20.3 Å². The van der Waals surface area contributed by atoms with Crippen LogP contribution in [0.2, 0.25) is 0 Å². The molecule has 0 amide bonds. The number of benzene rings is 2. The third-order valence-electron chi connectivity index (χ3n) is 3.00. The topological polar surface area (TPSA) is 18.5 Å². The van der Waals surface area contributed by atoms with Crippen molar-refractivity contribution in [1.29, 1.82) is 0 Å². The number of hydrogen-bond acceptors (Lipinski definition) is 2. The van der Waals surface area contributed by atoms with E-state index in [9.17, 15) is 13.2 Å². The van der Waals surface area contributed by atoms with E-state index in [1.807, 2.05) is 0 Å². The summed E-state index contributed by atoms with van der Waals surface area (Å²) in [6.07, 6.45) is 0. The molecule has 1 atom stereocenters.